The van der Waals surface area contributed by atoms with Crippen molar-refractivity contribution in [2.45, 2.75) is 3.79 Å². The molecule has 0 amide bonds. The van der Waals surface area contributed by atoms with Crippen LogP contribution >= 0.6 is 34.8 Å². The van der Waals surface area contributed by atoms with Gasteiger partial charge in [-0.2, -0.15) is 0 Å². The maximum absolute atomic E-state index is 10.2. The van der Waals surface area contributed by atoms with Crippen LogP contribution in [0.2, 0.25) is 0 Å². The molecule has 0 rings (SSSR count). The highest BCUT2D eigenvalue weighted by atomic mass is 35.6. The number of hydrogen-bond donors (Lipinski definition) is 2. The van der Waals surface area contributed by atoms with Crippen molar-refractivity contribution in [2.24, 2.45) is 0 Å². The van der Waals surface area contributed by atoms with Gasteiger partial charge in [-0.15, -0.1) is 0 Å². The molecular formula is C5H5Cl3O3. The summed E-state index contributed by atoms with van der Waals surface area (Å²) in [6.07, 6.45) is 0.847. The number of aliphatic hydroxyl groups is 1. The van der Waals surface area contributed by atoms with Crippen molar-refractivity contribution in [3.05, 3.63) is 11.6 Å². The van der Waals surface area contributed by atoms with Gasteiger partial charge in [-0.25, -0.2) is 4.79 Å². The van der Waals surface area contributed by atoms with E-state index in [9.17, 15) is 4.79 Å². The highest BCUT2D eigenvalue weighted by Gasteiger charge is 2.19. The first kappa shape index (κ1) is 11.0. The van der Waals surface area contributed by atoms with Crippen LogP contribution in [-0.2, 0) is 4.79 Å². The van der Waals surface area contributed by atoms with E-state index in [-0.39, 0.29) is 5.57 Å². The lowest BCUT2D eigenvalue weighted by Crippen LogP contribution is -2.09. The molecule has 0 aromatic rings. The van der Waals surface area contributed by atoms with Crippen LogP contribution < -0.4 is 0 Å². The van der Waals surface area contributed by atoms with Gasteiger partial charge in [-0.3, -0.25) is 0 Å². The van der Waals surface area contributed by atoms with Crippen LogP contribution in [0.1, 0.15) is 0 Å². The summed E-state index contributed by atoms with van der Waals surface area (Å²) < 4.78 is -1.78. The Balaban J connectivity index is 4.49. The minimum absolute atomic E-state index is 0.343. The van der Waals surface area contributed by atoms with E-state index in [2.05, 4.69) is 0 Å². The van der Waals surface area contributed by atoms with Crippen LogP contribution in [0.4, 0.5) is 0 Å². The molecule has 0 saturated carbocycles. The van der Waals surface area contributed by atoms with Crippen molar-refractivity contribution in [1.29, 1.82) is 0 Å². The fraction of sp³-hybridized carbons (Fsp3) is 0.400. The van der Waals surface area contributed by atoms with E-state index < -0.39 is 16.4 Å². The van der Waals surface area contributed by atoms with Crippen molar-refractivity contribution in [3.8, 4) is 0 Å². The third-order valence-electron chi connectivity index (χ3n) is 0.783. The van der Waals surface area contributed by atoms with E-state index in [1.165, 1.54) is 0 Å². The number of rotatable bonds is 2. The van der Waals surface area contributed by atoms with Crippen molar-refractivity contribution >= 4 is 40.8 Å². The number of halogens is 3. The Labute approximate surface area is 78.2 Å². The molecule has 2 N–H and O–H groups in total. The predicted octanol–water partition coefficient (Wildman–Crippen LogP) is 1.36. The summed E-state index contributed by atoms with van der Waals surface area (Å²) in [5.41, 5.74) is -0.343. The van der Waals surface area contributed by atoms with Gasteiger partial charge >= 0.3 is 5.97 Å². The van der Waals surface area contributed by atoms with Crippen LogP contribution in [0.3, 0.4) is 0 Å². The van der Waals surface area contributed by atoms with Crippen LogP contribution in [0.25, 0.3) is 0 Å². The molecule has 0 aliphatic rings. The van der Waals surface area contributed by atoms with Gasteiger partial charge in [-0.05, 0) is 6.08 Å². The summed E-state index contributed by atoms with van der Waals surface area (Å²) in [6.45, 7) is -0.663. The Morgan fingerprint density at radius 2 is 1.91 bits per heavy atom. The number of carboxylic acid groups (broad SMARTS) is 1. The molecule has 0 atom stereocenters. The van der Waals surface area contributed by atoms with Crippen LogP contribution in [0, 0.1) is 0 Å². The summed E-state index contributed by atoms with van der Waals surface area (Å²) >= 11 is 15.7. The van der Waals surface area contributed by atoms with Crippen molar-refractivity contribution < 1.29 is 15.0 Å². The van der Waals surface area contributed by atoms with Gasteiger partial charge in [0.25, 0.3) is 0 Å². The first-order valence-electron chi connectivity index (χ1n) is 2.49. The van der Waals surface area contributed by atoms with Crippen LogP contribution in [-0.4, -0.2) is 26.6 Å². The van der Waals surface area contributed by atoms with Crippen LogP contribution in [0.15, 0.2) is 11.6 Å². The molecule has 0 saturated heterocycles. The normalized spacial score (nSPS) is 13.3. The van der Waals surface area contributed by atoms with Crippen molar-refractivity contribution in [3.63, 3.8) is 0 Å². The monoisotopic (exact) mass is 218 g/mol. The first-order chi connectivity index (χ1) is 4.87. The SMILES string of the molecule is O=C(O)/C(=C/C(Cl)(Cl)Cl)CO. The largest absolute Gasteiger partial charge is 0.478 e. The van der Waals surface area contributed by atoms with E-state index in [0.29, 0.717) is 0 Å². The van der Waals surface area contributed by atoms with Gasteiger partial charge in [0.2, 0.25) is 3.79 Å². The predicted molar refractivity (Wildman–Crippen MR) is 43.1 cm³/mol. The zero-order valence-corrected chi connectivity index (χ0v) is 7.49. The molecule has 0 aromatic carbocycles. The summed E-state index contributed by atoms with van der Waals surface area (Å²) in [7, 11) is 0. The second-order valence-corrected chi connectivity index (χ2v) is 4.04. The van der Waals surface area contributed by atoms with Gasteiger partial charge < -0.3 is 10.2 Å². The van der Waals surface area contributed by atoms with E-state index >= 15 is 0 Å². The third kappa shape index (κ3) is 5.32. The smallest absolute Gasteiger partial charge is 0.333 e. The molecule has 64 valence electrons. The highest BCUT2D eigenvalue weighted by Crippen LogP contribution is 2.28. The second-order valence-electron chi connectivity index (χ2n) is 1.67. The van der Waals surface area contributed by atoms with E-state index in [1.54, 1.807) is 0 Å². The fourth-order valence-corrected chi connectivity index (χ4v) is 0.768. The standard InChI is InChI=1S/C5H5Cl3O3/c6-5(7,8)1-3(2-9)4(10)11/h1,9H,2H2,(H,10,11)/b3-1+. The maximum Gasteiger partial charge on any atom is 0.333 e. The molecule has 0 fully saturated rings. The van der Waals surface area contributed by atoms with Gasteiger partial charge in [0.1, 0.15) is 0 Å². The zero-order valence-electron chi connectivity index (χ0n) is 5.22. The molecule has 0 aliphatic carbocycles. The third-order valence-corrected chi connectivity index (χ3v) is 1.11. The Morgan fingerprint density at radius 1 is 1.45 bits per heavy atom. The minimum atomic E-state index is -1.78. The quantitative estimate of drug-likeness (QED) is 0.545. The maximum atomic E-state index is 10.2. The number of aliphatic carboxylic acids is 1. The molecule has 6 heteroatoms. The minimum Gasteiger partial charge on any atom is -0.478 e. The molecular weight excluding hydrogens is 214 g/mol. The Bertz CT molecular complexity index is 182. The zero-order chi connectivity index (χ0) is 9.07. The molecule has 11 heavy (non-hydrogen) atoms. The van der Waals surface area contributed by atoms with Gasteiger partial charge in [0.15, 0.2) is 0 Å². The summed E-state index contributed by atoms with van der Waals surface area (Å²) in [4.78, 5) is 10.2. The summed E-state index contributed by atoms with van der Waals surface area (Å²) in [5, 5.41) is 16.8. The van der Waals surface area contributed by atoms with E-state index in [0.717, 1.165) is 6.08 Å². The summed E-state index contributed by atoms with van der Waals surface area (Å²) in [6, 6.07) is 0. The van der Waals surface area contributed by atoms with Gasteiger partial charge in [0.05, 0.1) is 12.2 Å². The Hall–Kier alpha value is 0.0400. The average molecular weight is 219 g/mol. The number of carboxylic acids is 1. The Morgan fingerprint density at radius 3 is 2.00 bits per heavy atom. The number of allylic oxidation sites excluding steroid dienone is 1. The molecule has 0 unspecified atom stereocenters. The van der Waals surface area contributed by atoms with Gasteiger partial charge in [0, 0.05) is 0 Å². The highest BCUT2D eigenvalue weighted by molar-refractivity contribution is 6.69. The molecule has 3 nitrogen and oxygen atoms in total. The Kier molecular flexibility index (Phi) is 4.18. The molecule has 0 radical (unpaired) electrons. The first-order valence-corrected chi connectivity index (χ1v) is 3.63. The summed E-state index contributed by atoms with van der Waals surface area (Å²) in [5.74, 6) is -1.31. The number of aliphatic hydroxyl groups excluding tert-OH is 1. The van der Waals surface area contributed by atoms with Crippen molar-refractivity contribution in [2.75, 3.05) is 6.61 Å². The van der Waals surface area contributed by atoms with Crippen molar-refractivity contribution in [1.82, 2.24) is 0 Å². The molecule has 0 aliphatic heterocycles. The fourth-order valence-electron chi connectivity index (χ4n) is 0.373. The average Bonchev–Trinajstić information content (AvgIpc) is 1.80. The van der Waals surface area contributed by atoms with E-state index in [1.807, 2.05) is 0 Å². The molecule has 0 bridgehead atoms. The molecule has 0 spiro atoms. The van der Waals surface area contributed by atoms with Crippen LogP contribution in [0.5, 0.6) is 0 Å². The lowest BCUT2D eigenvalue weighted by atomic mass is 10.3. The number of alkyl halides is 3. The topological polar surface area (TPSA) is 57.5 Å². The van der Waals surface area contributed by atoms with Gasteiger partial charge in [-0.1, -0.05) is 34.8 Å². The number of hydrogen-bond acceptors (Lipinski definition) is 2. The number of carbonyl (C=O) groups is 1. The molecule has 0 heterocycles. The lowest BCUT2D eigenvalue weighted by molar-refractivity contribution is -0.133. The molecule has 0 aromatic heterocycles. The lowest BCUT2D eigenvalue weighted by Gasteiger charge is -2.04. The van der Waals surface area contributed by atoms with E-state index in [4.69, 9.17) is 45.0 Å². The second kappa shape index (κ2) is 4.16.